The fraction of sp³-hybridized carbons (Fsp3) is 0.533. The molecule has 0 spiro atoms. The maximum atomic E-state index is 12.8. The molecule has 1 heterocycles. The van der Waals surface area contributed by atoms with Gasteiger partial charge in [0.1, 0.15) is 0 Å². The molecule has 0 aromatic heterocycles. The Morgan fingerprint density at radius 2 is 1.76 bits per heavy atom. The number of hydrogen-bond acceptors (Lipinski definition) is 3. The van der Waals surface area contributed by atoms with Gasteiger partial charge in [-0.2, -0.15) is 0 Å². The quantitative estimate of drug-likeness (QED) is 0.836. The highest BCUT2D eigenvalue weighted by atomic mass is 35.5. The van der Waals surface area contributed by atoms with Crippen molar-refractivity contribution >= 4 is 27.3 Å². The number of amides is 1. The SMILES string of the molecule is CC(C)(C(=O)N1CCCS(=O)(=O)CC1)c1ccc(Cl)cc1. The topological polar surface area (TPSA) is 54.5 Å². The standard InChI is InChI=1S/C15H20ClNO3S/c1-15(2,12-4-6-13(16)7-5-12)14(18)17-8-3-10-21(19,20)11-9-17/h4-7H,3,8-11H2,1-2H3. The van der Waals surface area contributed by atoms with Gasteiger partial charge in [-0.05, 0) is 38.0 Å². The molecule has 0 unspecified atom stereocenters. The highest BCUT2D eigenvalue weighted by molar-refractivity contribution is 7.91. The molecule has 0 bridgehead atoms. The lowest BCUT2D eigenvalue weighted by Gasteiger charge is -2.31. The summed E-state index contributed by atoms with van der Waals surface area (Å²) in [7, 11) is -3.01. The number of benzene rings is 1. The number of nitrogens with zero attached hydrogens (tertiary/aromatic N) is 1. The van der Waals surface area contributed by atoms with E-state index in [0.29, 0.717) is 18.0 Å². The summed E-state index contributed by atoms with van der Waals surface area (Å²) in [5, 5.41) is 0.628. The molecule has 0 radical (unpaired) electrons. The number of carbonyl (C=O) groups is 1. The van der Waals surface area contributed by atoms with E-state index >= 15 is 0 Å². The molecule has 1 fully saturated rings. The van der Waals surface area contributed by atoms with Crippen LogP contribution in [0.3, 0.4) is 0 Å². The second-order valence-electron chi connectivity index (χ2n) is 5.93. The van der Waals surface area contributed by atoms with E-state index < -0.39 is 15.3 Å². The molecule has 21 heavy (non-hydrogen) atoms. The van der Waals surface area contributed by atoms with Crippen LogP contribution in [0.25, 0.3) is 0 Å². The molecule has 0 atom stereocenters. The molecule has 116 valence electrons. The van der Waals surface area contributed by atoms with Gasteiger partial charge in [-0.15, -0.1) is 0 Å². The summed E-state index contributed by atoms with van der Waals surface area (Å²) >= 11 is 5.88. The monoisotopic (exact) mass is 329 g/mol. The number of sulfone groups is 1. The Hall–Kier alpha value is -1.07. The molecule has 1 saturated heterocycles. The number of halogens is 1. The minimum atomic E-state index is -3.01. The summed E-state index contributed by atoms with van der Waals surface area (Å²) in [4.78, 5) is 14.4. The van der Waals surface area contributed by atoms with Crippen LogP contribution < -0.4 is 0 Å². The van der Waals surface area contributed by atoms with Crippen molar-refractivity contribution in [3.05, 3.63) is 34.9 Å². The molecule has 1 aliphatic rings. The molecule has 6 heteroatoms. The van der Waals surface area contributed by atoms with Gasteiger partial charge in [-0.1, -0.05) is 23.7 Å². The largest absolute Gasteiger partial charge is 0.341 e. The Morgan fingerprint density at radius 3 is 2.38 bits per heavy atom. The van der Waals surface area contributed by atoms with Crippen LogP contribution >= 0.6 is 11.6 Å². The van der Waals surface area contributed by atoms with Gasteiger partial charge in [0, 0.05) is 18.1 Å². The van der Waals surface area contributed by atoms with Crippen molar-refractivity contribution in [1.82, 2.24) is 4.90 Å². The summed E-state index contributed by atoms with van der Waals surface area (Å²) in [5.41, 5.74) is 0.183. The third-order valence-electron chi connectivity index (χ3n) is 3.94. The summed E-state index contributed by atoms with van der Waals surface area (Å²) in [5.74, 6) is 0.176. The van der Waals surface area contributed by atoms with Gasteiger partial charge in [-0.25, -0.2) is 8.42 Å². The Kier molecular flexibility index (Phi) is 4.63. The summed E-state index contributed by atoms with van der Waals surface area (Å²) in [6.45, 7) is 4.49. The minimum absolute atomic E-state index is 0.0399. The maximum absolute atomic E-state index is 12.8. The minimum Gasteiger partial charge on any atom is -0.341 e. The zero-order valence-electron chi connectivity index (χ0n) is 12.3. The first-order chi connectivity index (χ1) is 9.72. The van der Waals surface area contributed by atoms with Crippen LogP contribution in [0.2, 0.25) is 5.02 Å². The fourth-order valence-corrected chi connectivity index (χ4v) is 3.92. The van der Waals surface area contributed by atoms with E-state index in [-0.39, 0.29) is 24.0 Å². The van der Waals surface area contributed by atoms with E-state index in [0.717, 1.165) is 5.56 Å². The van der Waals surface area contributed by atoms with Crippen molar-refractivity contribution in [3.63, 3.8) is 0 Å². The highest BCUT2D eigenvalue weighted by Gasteiger charge is 2.35. The number of carbonyl (C=O) groups excluding carboxylic acids is 1. The molecule has 4 nitrogen and oxygen atoms in total. The van der Waals surface area contributed by atoms with Gasteiger partial charge in [0.2, 0.25) is 5.91 Å². The van der Waals surface area contributed by atoms with Gasteiger partial charge >= 0.3 is 0 Å². The Balaban J connectivity index is 2.19. The van der Waals surface area contributed by atoms with Gasteiger partial charge in [0.05, 0.1) is 16.9 Å². The molecule has 1 amide bonds. The van der Waals surface area contributed by atoms with Gasteiger partial charge < -0.3 is 4.90 Å². The van der Waals surface area contributed by atoms with Crippen LogP contribution in [0.1, 0.15) is 25.8 Å². The van der Waals surface area contributed by atoms with E-state index in [4.69, 9.17) is 11.6 Å². The molecular weight excluding hydrogens is 310 g/mol. The third kappa shape index (κ3) is 3.77. The average Bonchev–Trinajstić information content (AvgIpc) is 2.59. The van der Waals surface area contributed by atoms with Crippen LogP contribution in [-0.4, -0.2) is 43.8 Å². The predicted octanol–water partition coefficient (Wildman–Crippen LogP) is 2.26. The van der Waals surface area contributed by atoms with E-state index in [1.165, 1.54) is 0 Å². The normalized spacial score (nSPS) is 19.1. The Morgan fingerprint density at radius 1 is 1.14 bits per heavy atom. The Labute approximate surface area is 131 Å². The van der Waals surface area contributed by atoms with Crippen LogP contribution in [0, 0.1) is 0 Å². The second-order valence-corrected chi connectivity index (χ2v) is 8.67. The van der Waals surface area contributed by atoms with E-state index in [1.54, 1.807) is 17.0 Å². The van der Waals surface area contributed by atoms with E-state index in [9.17, 15) is 13.2 Å². The lowest BCUT2D eigenvalue weighted by atomic mass is 9.83. The third-order valence-corrected chi connectivity index (χ3v) is 5.91. The van der Waals surface area contributed by atoms with Crippen molar-refractivity contribution in [2.24, 2.45) is 0 Å². The fourth-order valence-electron chi connectivity index (χ4n) is 2.53. The van der Waals surface area contributed by atoms with Crippen molar-refractivity contribution in [2.75, 3.05) is 24.6 Å². The molecule has 1 aromatic rings. The summed E-state index contributed by atoms with van der Waals surface area (Å²) in [6.07, 6.45) is 0.505. The molecule has 0 aliphatic carbocycles. The highest BCUT2D eigenvalue weighted by Crippen LogP contribution is 2.27. The van der Waals surface area contributed by atoms with Crippen LogP contribution in [0.5, 0.6) is 0 Å². The summed E-state index contributed by atoms with van der Waals surface area (Å²) in [6, 6.07) is 7.21. The van der Waals surface area contributed by atoms with Crippen LogP contribution in [0.15, 0.2) is 24.3 Å². The van der Waals surface area contributed by atoms with Crippen molar-refractivity contribution in [2.45, 2.75) is 25.7 Å². The van der Waals surface area contributed by atoms with Crippen LogP contribution in [-0.2, 0) is 20.0 Å². The smallest absolute Gasteiger partial charge is 0.232 e. The number of rotatable bonds is 2. The first kappa shape index (κ1) is 16.3. The molecule has 1 aromatic carbocycles. The lowest BCUT2D eigenvalue weighted by Crippen LogP contribution is -2.44. The average molecular weight is 330 g/mol. The molecule has 0 N–H and O–H groups in total. The molecule has 1 aliphatic heterocycles. The maximum Gasteiger partial charge on any atom is 0.232 e. The number of hydrogen-bond donors (Lipinski definition) is 0. The molecule has 2 rings (SSSR count). The molecular formula is C15H20ClNO3S. The van der Waals surface area contributed by atoms with Crippen molar-refractivity contribution < 1.29 is 13.2 Å². The lowest BCUT2D eigenvalue weighted by molar-refractivity contribution is -0.136. The zero-order valence-corrected chi connectivity index (χ0v) is 13.9. The van der Waals surface area contributed by atoms with E-state index in [1.807, 2.05) is 26.0 Å². The van der Waals surface area contributed by atoms with Crippen molar-refractivity contribution in [1.29, 1.82) is 0 Å². The van der Waals surface area contributed by atoms with Crippen molar-refractivity contribution in [3.8, 4) is 0 Å². The van der Waals surface area contributed by atoms with Gasteiger partial charge in [-0.3, -0.25) is 4.79 Å². The summed E-state index contributed by atoms with van der Waals surface area (Å²) < 4.78 is 23.3. The van der Waals surface area contributed by atoms with Gasteiger partial charge in [0.15, 0.2) is 9.84 Å². The van der Waals surface area contributed by atoms with Gasteiger partial charge in [0.25, 0.3) is 0 Å². The zero-order chi connectivity index (χ0) is 15.7. The first-order valence-corrected chi connectivity index (χ1v) is 9.18. The van der Waals surface area contributed by atoms with Crippen LogP contribution in [0.4, 0.5) is 0 Å². The van der Waals surface area contributed by atoms with E-state index in [2.05, 4.69) is 0 Å². The molecule has 0 saturated carbocycles. The Bertz CT molecular complexity index is 623. The first-order valence-electron chi connectivity index (χ1n) is 6.98. The predicted molar refractivity (Wildman–Crippen MR) is 84.3 cm³/mol. The second kappa shape index (κ2) is 5.97.